The predicted molar refractivity (Wildman–Crippen MR) is 128 cm³/mol. The highest BCUT2D eigenvalue weighted by molar-refractivity contribution is 9.11. The first-order chi connectivity index (χ1) is 14.9. The Hall–Kier alpha value is -2.90. The van der Waals surface area contributed by atoms with Crippen LogP contribution in [0.15, 0.2) is 81.4 Å². The molecule has 3 aromatic rings. The number of rotatable bonds is 5. The molecule has 1 saturated heterocycles. The average Bonchev–Trinajstić information content (AvgIpc) is 3.01. The lowest BCUT2D eigenvalue weighted by atomic mass is 10.1. The molecule has 0 radical (unpaired) electrons. The molecule has 3 amide bonds. The number of ether oxygens (including phenoxy) is 1. The molecule has 0 saturated carbocycles. The van der Waals surface area contributed by atoms with Crippen molar-refractivity contribution in [2.45, 2.75) is 13.5 Å². The lowest BCUT2D eigenvalue weighted by Crippen LogP contribution is -2.30. The molecule has 4 rings (SSSR count). The number of hydrogen-bond acceptors (Lipinski definition) is 3. The van der Waals surface area contributed by atoms with Crippen LogP contribution in [-0.2, 0) is 11.4 Å². The van der Waals surface area contributed by atoms with Crippen molar-refractivity contribution in [3.05, 3.63) is 98.1 Å². The van der Waals surface area contributed by atoms with Gasteiger partial charge < -0.3 is 10.1 Å². The van der Waals surface area contributed by atoms with E-state index >= 15 is 0 Å². The molecule has 1 fully saturated rings. The summed E-state index contributed by atoms with van der Waals surface area (Å²) in [7, 11) is 0. The maximum Gasteiger partial charge on any atom is 0.333 e. The van der Waals surface area contributed by atoms with E-state index in [1.165, 1.54) is 5.56 Å². The number of carbonyl (C=O) groups excluding carboxylic acids is 2. The number of para-hydroxylation sites is 1. The SMILES string of the molecule is Cc1cccc(COc2c(Br)cc(/C=C3/NC(=O)N(c4ccccc4)C3=O)cc2Br)c1. The molecule has 0 unspecified atom stereocenters. The maximum atomic E-state index is 12.8. The minimum Gasteiger partial charge on any atom is -0.487 e. The number of urea groups is 1. The van der Waals surface area contributed by atoms with Gasteiger partial charge in [0.25, 0.3) is 5.91 Å². The number of aryl methyl sites for hydroxylation is 1. The van der Waals surface area contributed by atoms with Gasteiger partial charge in [-0.05, 0) is 80.3 Å². The van der Waals surface area contributed by atoms with E-state index in [1.54, 1.807) is 30.3 Å². The molecule has 0 aliphatic carbocycles. The van der Waals surface area contributed by atoms with Gasteiger partial charge >= 0.3 is 6.03 Å². The first-order valence-corrected chi connectivity index (χ1v) is 11.1. The van der Waals surface area contributed by atoms with Gasteiger partial charge in [-0.25, -0.2) is 9.69 Å². The zero-order valence-corrected chi connectivity index (χ0v) is 19.7. The second kappa shape index (κ2) is 9.08. The van der Waals surface area contributed by atoms with Crippen molar-refractivity contribution >= 4 is 55.6 Å². The number of anilines is 1. The van der Waals surface area contributed by atoms with Crippen molar-refractivity contribution in [3.8, 4) is 5.75 Å². The minimum atomic E-state index is -0.473. The van der Waals surface area contributed by atoms with Gasteiger partial charge in [0, 0.05) is 0 Å². The van der Waals surface area contributed by atoms with Crippen LogP contribution in [0.2, 0.25) is 0 Å². The van der Waals surface area contributed by atoms with Crippen LogP contribution in [0, 0.1) is 6.92 Å². The van der Waals surface area contributed by atoms with E-state index in [0.717, 1.165) is 25.0 Å². The Labute approximate surface area is 197 Å². The monoisotopic (exact) mass is 540 g/mol. The predicted octanol–water partition coefficient (Wildman–Crippen LogP) is 6.20. The largest absolute Gasteiger partial charge is 0.487 e. The number of benzene rings is 3. The van der Waals surface area contributed by atoms with E-state index in [0.29, 0.717) is 18.0 Å². The average molecular weight is 542 g/mol. The van der Waals surface area contributed by atoms with Gasteiger partial charge in [0.1, 0.15) is 18.1 Å². The third-order valence-corrected chi connectivity index (χ3v) is 5.87. The molecule has 1 N–H and O–H groups in total. The molecule has 3 aromatic carbocycles. The Balaban J connectivity index is 1.55. The van der Waals surface area contributed by atoms with Crippen LogP contribution in [0.5, 0.6) is 5.75 Å². The van der Waals surface area contributed by atoms with E-state index in [-0.39, 0.29) is 5.70 Å². The van der Waals surface area contributed by atoms with Crippen molar-refractivity contribution in [3.63, 3.8) is 0 Å². The highest BCUT2D eigenvalue weighted by Gasteiger charge is 2.34. The highest BCUT2D eigenvalue weighted by atomic mass is 79.9. The first-order valence-electron chi connectivity index (χ1n) is 9.52. The summed E-state index contributed by atoms with van der Waals surface area (Å²) in [4.78, 5) is 26.2. The van der Waals surface area contributed by atoms with Crippen LogP contribution in [0.25, 0.3) is 6.08 Å². The Kier molecular flexibility index (Phi) is 6.25. The molecule has 156 valence electrons. The molecular weight excluding hydrogens is 524 g/mol. The molecule has 0 aromatic heterocycles. The molecule has 1 heterocycles. The quantitative estimate of drug-likeness (QED) is 0.309. The van der Waals surface area contributed by atoms with Crippen molar-refractivity contribution in [1.82, 2.24) is 5.32 Å². The van der Waals surface area contributed by atoms with Crippen LogP contribution < -0.4 is 15.0 Å². The van der Waals surface area contributed by atoms with E-state index < -0.39 is 11.9 Å². The molecule has 0 bridgehead atoms. The summed E-state index contributed by atoms with van der Waals surface area (Å²) in [6.07, 6.45) is 1.64. The van der Waals surface area contributed by atoms with Gasteiger partial charge in [-0.1, -0.05) is 48.0 Å². The Bertz CT molecular complexity index is 1170. The zero-order chi connectivity index (χ0) is 22.0. The minimum absolute atomic E-state index is 0.209. The van der Waals surface area contributed by atoms with Gasteiger partial charge in [-0.2, -0.15) is 0 Å². The second-order valence-electron chi connectivity index (χ2n) is 7.06. The van der Waals surface area contributed by atoms with E-state index in [1.807, 2.05) is 43.3 Å². The first kappa shape index (κ1) is 21.3. The van der Waals surface area contributed by atoms with Gasteiger partial charge in [0.2, 0.25) is 0 Å². The summed E-state index contributed by atoms with van der Waals surface area (Å²) in [5.74, 6) is 0.263. The van der Waals surface area contributed by atoms with Gasteiger partial charge in [0.05, 0.1) is 14.6 Å². The van der Waals surface area contributed by atoms with Crippen LogP contribution >= 0.6 is 31.9 Å². The summed E-state index contributed by atoms with van der Waals surface area (Å²) < 4.78 is 7.46. The molecule has 5 nitrogen and oxygen atoms in total. The Morgan fingerprint density at radius 1 is 0.968 bits per heavy atom. The van der Waals surface area contributed by atoms with Crippen LogP contribution in [0.3, 0.4) is 0 Å². The molecule has 7 heteroatoms. The van der Waals surface area contributed by atoms with Crippen molar-refractivity contribution in [2.75, 3.05) is 4.90 Å². The van der Waals surface area contributed by atoms with Crippen molar-refractivity contribution in [1.29, 1.82) is 0 Å². The number of carbonyl (C=O) groups is 2. The number of nitrogens with zero attached hydrogens (tertiary/aromatic N) is 1. The number of nitrogens with one attached hydrogen (secondary N) is 1. The fourth-order valence-corrected chi connectivity index (χ4v) is 4.72. The Morgan fingerprint density at radius 3 is 2.35 bits per heavy atom. The Morgan fingerprint density at radius 2 is 1.68 bits per heavy atom. The maximum absolute atomic E-state index is 12.8. The fraction of sp³-hybridized carbons (Fsp3) is 0.0833. The fourth-order valence-electron chi connectivity index (χ4n) is 3.27. The van der Waals surface area contributed by atoms with Gasteiger partial charge in [-0.3, -0.25) is 4.79 Å². The standard InChI is InChI=1S/C24H18Br2N2O3/c1-15-6-5-7-16(10-15)14-31-22-19(25)11-17(12-20(22)26)13-21-23(29)28(24(30)27-21)18-8-3-2-4-9-18/h2-13H,14H2,1H3,(H,27,30)/b21-13+. The van der Waals surface area contributed by atoms with E-state index in [2.05, 4.69) is 43.2 Å². The van der Waals surface area contributed by atoms with Crippen molar-refractivity contribution < 1.29 is 14.3 Å². The number of amides is 3. The van der Waals surface area contributed by atoms with Crippen molar-refractivity contribution in [2.24, 2.45) is 0 Å². The molecular formula is C24H18Br2N2O3. The highest BCUT2D eigenvalue weighted by Crippen LogP contribution is 2.36. The summed E-state index contributed by atoms with van der Waals surface area (Å²) in [5, 5.41) is 2.64. The smallest absolute Gasteiger partial charge is 0.333 e. The number of imide groups is 1. The third-order valence-electron chi connectivity index (χ3n) is 4.69. The molecule has 31 heavy (non-hydrogen) atoms. The molecule has 0 spiro atoms. The number of halogens is 2. The van der Waals surface area contributed by atoms with E-state index in [4.69, 9.17) is 4.74 Å². The van der Waals surface area contributed by atoms with E-state index in [9.17, 15) is 9.59 Å². The lowest BCUT2D eigenvalue weighted by molar-refractivity contribution is -0.113. The summed E-state index contributed by atoms with van der Waals surface area (Å²) in [6.45, 7) is 2.47. The topological polar surface area (TPSA) is 58.6 Å². The summed E-state index contributed by atoms with van der Waals surface area (Å²) in [5.41, 5.74) is 3.72. The van der Waals surface area contributed by atoms with Gasteiger partial charge in [-0.15, -0.1) is 0 Å². The molecule has 1 aliphatic rings. The molecule has 0 atom stereocenters. The van der Waals surface area contributed by atoms with Gasteiger partial charge in [0.15, 0.2) is 0 Å². The lowest BCUT2D eigenvalue weighted by Gasteiger charge is -2.12. The normalized spacial score (nSPS) is 14.8. The van der Waals surface area contributed by atoms with Crippen LogP contribution in [0.4, 0.5) is 10.5 Å². The zero-order valence-electron chi connectivity index (χ0n) is 16.6. The number of hydrogen-bond donors (Lipinski definition) is 1. The summed E-state index contributed by atoms with van der Waals surface area (Å²) in [6, 6.07) is 20.2. The third kappa shape index (κ3) is 4.73. The summed E-state index contributed by atoms with van der Waals surface area (Å²) >= 11 is 7.09. The second-order valence-corrected chi connectivity index (χ2v) is 8.76. The molecule has 1 aliphatic heterocycles. The van der Waals surface area contributed by atoms with Crippen LogP contribution in [-0.4, -0.2) is 11.9 Å². The van der Waals surface area contributed by atoms with Crippen LogP contribution in [0.1, 0.15) is 16.7 Å².